The second kappa shape index (κ2) is 9.30. The van der Waals surface area contributed by atoms with Crippen LogP contribution in [0.1, 0.15) is 44.0 Å². The molecule has 122 valence electrons. The van der Waals surface area contributed by atoms with Gasteiger partial charge in [-0.2, -0.15) is 0 Å². The maximum absolute atomic E-state index is 12.8. The Hall–Kier alpha value is -1.75. The molecule has 0 bridgehead atoms. The Morgan fingerprint density at radius 1 is 1.14 bits per heavy atom. The van der Waals surface area contributed by atoms with Crippen LogP contribution in [0.15, 0.2) is 24.3 Å². The number of likely N-dealkylation sites (N-methyl/N-ethyl adjacent to an activating group) is 1. The van der Waals surface area contributed by atoms with Crippen LogP contribution >= 0.6 is 0 Å². The van der Waals surface area contributed by atoms with Crippen molar-refractivity contribution in [2.24, 2.45) is 0 Å². The van der Waals surface area contributed by atoms with E-state index in [1.165, 1.54) is 24.3 Å². The van der Waals surface area contributed by atoms with Crippen LogP contribution in [-0.4, -0.2) is 42.3 Å². The van der Waals surface area contributed by atoms with Gasteiger partial charge in [0, 0.05) is 31.0 Å². The Morgan fingerprint density at radius 2 is 1.73 bits per heavy atom. The molecule has 0 radical (unpaired) electrons. The molecule has 5 heteroatoms. The van der Waals surface area contributed by atoms with Crippen LogP contribution < -0.4 is 5.32 Å². The predicted molar refractivity (Wildman–Crippen MR) is 85.4 cm³/mol. The highest BCUT2D eigenvalue weighted by Crippen LogP contribution is 2.07. The molecule has 0 spiro atoms. The SMILES string of the molecule is CCN(CC)C(C)CNC(=O)CCC(=O)c1ccc(F)cc1. The number of amides is 1. The molecule has 1 amide bonds. The van der Waals surface area contributed by atoms with E-state index in [0.29, 0.717) is 12.1 Å². The molecule has 0 heterocycles. The van der Waals surface area contributed by atoms with E-state index in [-0.39, 0.29) is 36.4 Å². The Bertz CT molecular complexity index is 484. The number of hydrogen-bond acceptors (Lipinski definition) is 3. The summed E-state index contributed by atoms with van der Waals surface area (Å²) in [6.07, 6.45) is 0.290. The number of carbonyl (C=O) groups excluding carboxylic acids is 2. The van der Waals surface area contributed by atoms with Crippen molar-refractivity contribution in [1.29, 1.82) is 0 Å². The number of benzene rings is 1. The van der Waals surface area contributed by atoms with Gasteiger partial charge in [-0.05, 0) is 44.3 Å². The fourth-order valence-electron chi connectivity index (χ4n) is 2.33. The molecule has 22 heavy (non-hydrogen) atoms. The molecule has 1 N–H and O–H groups in total. The van der Waals surface area contributed by atoms with Gasteiger partial charge in [-0.25, -0.2) is 4.39 Å². The summed E-state index contributed by atoms with van der Waals surface area (Å²) in [5, 5.41) is 2.85. The van der Waals surface area contributed by atoms with Crippen molar-refractivity contribution in [3.8, 4) is 0 Å². The maximum Gasteiger partial charge on any atom is 0.220 e. The van der Waals surface area contributed by atoms with E-state index in [0.717, 1.165) is 13.1 Å². The fraction of sp³-hybridized carbons (Fsp3) is 0.529. The van der Waals surface area contributed by atoms with Gasteiger partial charge in [-0.15, -0.1) is 0 Å². The quantitative estimate of drug-likeness (QED) is 0.714. The van der Waals surface area contributed by atoms with Gasteiger partial charge in [0.05, 0.1) is 0 Å². The summed E-state index contributed by atoms with van der Waals surface area (Å²) in [5.41, 5.74) is 0.436. The summed E-state index contributed by atoms with van der Waals surface area (Å²) < 4.78 is 12.8. The average molecular weight is 308 g/mol. The second-order valence-corrected chi connectivity index (χ2v) is 5.30. The first-order chi connectivity index (χ1) is 10.5. The van der Waals surface area contributed by atoms with Crippen molar-refractivity contribution >= 4 is 11.7 Å². The van der Waals surface area contributed by atoms with Crippen LogP contribution in [0.25, 0.3) is 0 Å². The van der Waals surface area contributed by atoms with Crippen molar-refractivity contribution in [3.05, 3.63) is 35.6 Å². The molecular weight excluding hydrogens is 283 g/mol. The molecule has 0 aliphatic rings. The number of ketones is 1. The summed E-state index contributed by atoms with van der Waals surface area (Å²) in [7, 11) is 0. The molecule has 0 aliphatic carbocycles. The van der Waals surface area contributed by atoms with Gasteiger partial charge in [0.25, 0.3) is 0 Å². The summed E-state index contributed by atoms with van der Waals surface area (Å²) in [6, 6.07) is 5.65. The number of rotatable bonds is 9. The van der Waals surface area contributed by atoms with Crippen LogP contribution in [0.3, 0.4) is 0 Å². The Morgan fingerprint density at radius 3 is 2.27 bits per heavy atom. The molecular formula is C17H25FN2O2. The number of nitrogens with one attached hydrogen (secondary N) is 1. The van der Waals surface area contributed by atoms with Gasteiger partial charge in [-0.3, -0.25) is 14.5 Å². The normalized spacial score (nSPS) is 12.2. The molecule has 1 rings (SSSR count). The molecule has 0 saturated heterocycles. The van der Waals surface area contributed by atoms with Crippen molar-refractivity contribution in [1.82, 2.24) is 10.2 Å². The van der Waals surface area contributed by atoms with E-state index < -0.39 is 0 Å². The van der Waals surface area contributed by atoms with E-state index in [1.54, 1.807) is 0 Å². The third-order valence-electron chi connectivity index (χ3n) is 3.78. The van der Waals surface area contributed by atoms with Crippen molar-refractivity contribution in [2.75, 3.05) is 19.6 Å². The molecule has 0 aromatic heterocycles. The van der Waals surface area contributed by atoms with Gasteiger partial charge in [0.2, 0.25) is 5.91 Å². The predicted octanol–water partition coefficient (Wildman–Crippen LogP) is 2.64. The Labute approximate surface area is 131 Å². The number of carbonyl (C=O) groups is 2. The van der Waals surface area contributed by atoms with E-state index in [1.807, 2.05) is 0 Å². The number of Topliss-reactive ketones (excluding diaryl/α,β-unsaturated/α-hetero) is 1. The Balaban J connectivity index is 2.34. The monoisotopic (exact) mass is 308 g/mol. The van der Waals surface area contributed by atoms with Crippen LogP contribution in [0, 0.1) is 5.82 Å². The molecule has 4 nitrogen and oxygen atoms in total. The van der Waals surface area contributed by atoms with Crippen molar-refractivity contribution < 1.29 is 14.0 Å². The number of hydrogen-bond donors (Lipinski definition) is 1. The molecule has 0 saturated carbocycles. The fourth-order valence-corrected chi connectivity index (χ4v) is 2.33. The van der Waals surface area contributed by atoms with E-state index in [9.17, 15) is 14.0 Å². The van der Waals surface area contributed by atoms with Gasteiger partial charge in [0.1, 0.15) is 5.82 Å². The van der Waals surface area contributed by atoms with E-state index in [4.69, 9.17) is 0 Å². The van der Waals surface area contributed by atoms with Gasteiger partial charge in [-0.1, -0.05) is 13.8 Å². The highest BCUT2D eigenvalue weighted by Gasteiger charge is 2.13. The van der Waals surface area contributed by atoms with Crippen LogP contribution in [0.5, 0.6) is 0 Å². The van der Waals surface area contributed by atoms with Gasteiger partial charge in [0.15, 0.2) is 5.78 Å². The standard InChI is InChI=1S/C17H25FN2O2/c1-4-20(5-2)13(3)12-19-17(22)11-10-16(21)14-6-8-15(18)9-7-14/h6-9,13H,4-5,10-12H2,1-3H3,(H,19,22). The largest absolute Gasteiger partial charge is 0.355 e. The average Bonchev–Trinajstić information content (AvgIpc) is 2.52. The lowest BCUT2D eigenvalue weighted by Crippen LogP contribution is -2.42. The van der Waals surface area contributed by atoms with Crippen LogP contribution in [0.4, 0.5) is 4.39 Å². The summed E-state index contributed by atoms with van der Waals surface area (Å²) >= 11 is 0. The first kappa shape index (κ1) is 18.3. The molecule has 1 unspecified atom stereocenters. The topological polar surface area (TPSA) is 49.4 Å². The molecule has 1 aromatic rings. The number of halogens is 1. The lowest BCUT2D eigenvalue weighted by atomic mass is 10.1. The highest BCUT2D eigenvalue weighted by molar-refractivity contribution is 5.97. The smallest absolute Gasteiger partial charge is 0.220 e. The third kappa shape index (κ3) is 5.93. The summed E-state index contributed by atoms with van der Waals surface area (Å²) in [6.45, 7) is 8.70. The number of nitrogens with zero attached hydrogens (tertiary/aromatic N) is 1. The van der Waals surface area contributed by atoms with Gasteiger partial charge < -0.3 is 5.32 Å². The van der Waals surface area contributed by atoms with Crippen molar-refractivity contribution in [2.45, 2.75) is 39.7 Å². The van der Waals surface area contributed by atoms with Crippen LogP contribution in [0.2, 0.25) is 0 Å². The minimum Gasteiger partial charge on any atom is -0.355 e. The summed E-state index contributed by atoms with van der Waals surface area (Å²) in [4.78, 5) is 25.9. The van der Waals surface area contributed by atoms with Crippen LogP contribution in [-0.2, 0) is 4.79 Å². The van der Waals surface area contributed by atoms with E-state index >= 15 is 0 Å². The highest BCUT2D eigenvalue weighted by atomic mass is 19.1. The lowest BCUT2D eigenvalue weighted by molar-refractivity contribution is -0.121. The minimum absolute atomic E-state index is 0.130. The first-order valence-electron chi connectivity index (χ1n) is 7.77. The molecule has 1 atom stereocenters. The lowest BCUT2D eigenvalue weighted by Gasteiger charge is -2.26. The molecule has 0 fully saturated rings. The second-order valence-electron chi connectivity index (χ2n) is 5.30. The zero-order valence-electron chi connectivity index (χ0n) is 13.6. The maximum atomic E-state index is 12.8. The Kier molecular flexibility index (Phi) is 7.74. The molecule has 1 aromatic carbocycles. The van der Waals surface area contributed by atoms with E-state index in [2.05, 4.69) is 31.0 Å². The minimum atomic E-state index is -0.375. The zero-order valence-corrected chi connectivity index (χ0v) is 13.6. The molecule has 0 aliphatic heterocycles. The van der Waals surface area contributed by atoms with Crippen molar-refractivity contribution in [3.63, 3.8) is 0 Å². The first-order valence-corrected chi connectivity index (χ1v) is 7.77. The van der Waals surface area contributed by atoms with Gasteiger partial charge >= 0.3 is 0 Å². The third-order valence-corrected chi connectivity index (χ3v) is 3.78. The summed E-state index contributed by atoms with van der Waals surface area (Å²) in [5.74, 6) is -0.652. The zero-order chi connectivity index (χ0) is 16.5.